The Morgan fingerprint density at radius 3 is 2.25 bits per heavy atom. The van der Waals surface area contributed by atoms with Gasteiger partial charge in [0.05, 0.1) is 6.54 Å². The molecule has 16 heavy (non-hydrogen) atoms. The van der Waals surface area contributed by atoms with Gasteiger partial charge in [-0.3, -0.25) is 0 Å². The van der Waals surface area contributed by atoms with E-state index in [-0.39, 0.29) is 6.04 Å². The number of alkyl halides is 2. The minimum atomic E-state index is -2.98. The third kappa shape index (κ3) is 4.34. The van der Waals surface area contributed by atoms with Crippen LogP contribution in [0.5, 0.6) is 0 Å². The predicted octanol–water partition coefficient (Wildman–Crippen LogP) is 2.42. The molecule has 0 heterocycles. The Kier molecular flexibility index (Phi) is 5.12. The third-order valence-corrected chi connectivity index (χ3v) is 3.60. The molecule has 2 nitrogen and oxygen atoms in total. The van der Waals surface area contributed by atoms with E-state index in [1.807, 2.05) is 0 Å². The zero-order valence-electron chi connectivity index (χ0n) is 10.2. The van der Waals surface area contributed by atoms with Gasteiger partial charge in [0.25, 0.3) is 5.92 Å². The van der Waals surface area contributed by atoms with E-state index < -0.39 is 19.1 Å². The van der Waals surface area contributed by atoms with E-state index in [4.69, 9.17) is 5.11 Å². The molecular formula is C12H23F2NO. The Balaban J connectivity index is 2.22. The molecule has 0 unspecified atom stereocenters. The number of nitrogens with one attached hydrogen (secondary N) is 1. The maximum atomic E-state index is 12.8. The van der Waals surface area contributed by atoms with Crippen molar-refractivity contribution in [3.8, 4) is 0 Å². The van der Waals surface area contributed by atoms with Gasteiger partial charge in [-0.1, -0.05) is 13.8 Å². The zero-order valence-corrected chi connectivity index (χ0v) is 10.2. The first-order chi connectivity index (χ1) is 7.44. The van der Waals surface area contributed by atoms with Crippen LogP contribution in [0.4, 0.5) is 8.78 Å². The van der Waals surface area contributed by atoms with Crippen molar-refractivity contribution in [1.82, 2.24) is 5.32 Å². The predicted molar refractivity (Wildman–Crippen MR) is 60.6 cm³/mol. The van der Waals surface area contributed by atoms with Gasteiger partial charge >= 0.3 is 0 Å². The highest BCUT2D eigenvalue weighted by Gasteiger charge is 2.30. The van der Waals surface area contributed by atoms with Gasteiger partial charge in [0.2, 0.25) is 0 Å². The molecule has 1 aliphatic rings. The molecule has 0 radical (unpaired) electrons. The Morgan fingerprint density at radius 1 is 1.25 bits per heavy atom. The lowest BCUT2D eigenvalue weighted by Crippen LogP contribution is -2.42. The van der Waals surface area contributed by atoms with Crippen LogP contribution in [0.25, 0.3) is 0 Å². The van der Waals surface area contributed by atoms with E-state index >= 15 is 0 Å². The summed E-state index contributed by atoms with van der Waals surface area (Å²) in [5, 5.41) is 11.3. The quantitative estimate of drug-likeness (QED) is 0.767. The van der Waals surface area contributed by atoms with Crippen LogP contribution < -0.4 is 5.32 Å². The summed E-state index contributed by atoms with van der Waals surface area (Å²) in [5.41, 5.74) is 0. The molecule has 2 N–H and O–H groups in total. The minimum absolute atomic E-state index is 0.201. The van der Waals surface area contributed by atoms with Crippen LogP contribution in [0, 0.1) is 11.8 Å². The fourth-order valence-electron chi connectivity index (χ4n) is 2.34. The second-order valence-electron chi connectivity index (χ2n) is 5.25. The summed E-state index contributed by atoms with van der Waals surface area (Å²) in [5.74, 6) is -1.54. The Morgan fingerprint density at radius 2 is 1.81 bits per heavy atom. The molecule has 1 fully saturated rings. The lowest BCUT2D eigenvalue weighted by atomic mass is 9.80. The van der Waals surface area contributed by atoms with Crippen molar-refractivity contribution in [3.05, 3.63) is 0 Å². The van der Waals surface area contributed by atoms with E-state index in [0.717, 1.165) is 31.6 Å². The summed E-state index contributed by atoms with van der Waals surface area (Å²) in [6.07, 6.45) is 4.20. The number of hydrogen-bond acceptors (Lipinski definition) is 2. The molecule has 4 heteroatoms. The summed E-state index contributed by atoms with van der Waals surface area (Å²) < 4.78 is 25.6. The topological polar surface area (TPSA) is 32.3 Å². The first kappa shape index (κ1) is 13.8. The molecule has 0 spiro atoms. The van der Waals surface area contributed by atoms with Crippen molar-refractivity contribution >= 4 is 0 Å². The minimum Gasteiger partial charge on any atom is -0.390 e. The Bertz CT molecular complexity index is 201. The van der Waals surface area contributed by atoms with Gasteiger partial charge in [-0.05, 0) is 37.5 Å². The smallest absolute Gasteiger partial charge is 0.282 e. The monoisotopic (exact) mass is 235 g/mol. The average molecular weight is 235 g/mol. The molecule has 0 amide bonds. The zero-order chi connectivity index (χ0) is 12.2. The SMILES string of the molecule is CC(C)C1CCC(NCC(F)(F)CO)CC1. The van der Waals surface area contributed by atoms with E-state index in [9.17, 15) is 8.78 Å². The summed E-state index contributed by atoms with van der Waals surface area (Å²) in [6, 6.07) is 0.201. The van der Waals surface area contributed by atoms with E-state index in [0.29, 0.717) is 5.92 Å². The normalized spacial score (nSPS) is 27.4. The number of halogens is 2. The first-order valence-corrected chi connectivity index (χ1v) is 6.16. The molecule has 0 atom stereocenters. The molecule has 0 aliphatic heterocycles. The van der Waals surface area contributed by atoms with Crippen LogP contribution in [-0.2, 0) is 0 Å². The lowest BCUT2D eigenvalue weighted by Gasteiger charge is -2.32. The van der Waals surface area contributed by atoms with Crippen LogP contribution in [-0.4, -0.2) is 30.2 Å². The van der Waals surface area contributed by atoms with Gasteiger partial charge in [0.1, 0.15) is 6.61 Å². The summed E-state index contributed by atoms with van der Waals surface area (Å²) in [7, 11) is 0. The molecule has 0 aromatic carbocycles. The van der Waals surface area contributed by atoms with Gasteiger partial charge in [-0.2, -0.15) is 0 Å². The summed E-state index contributed by atoms with van der Waals surface area (Å²) in [4.78, 5) is 0. The molecule has 1 saturated carbocycles. The van der Waals surface area contributed by atoms with Crippen LogP contribution in [0.1, 0.15) is 39.5 Å². The van der Waals surface area contributed by atoms with Gasteiger partial charge in [0, 0.05) is 6.04 Å². The Hall–Kier alpha value is -0.220. The maximum absolute atomic E-state index is 12.8. The molecule has 1 rings (SSSR count). The molecule has 0 aromatic heterocycles. The average Bonchev–Trinajstić information content (AvgIpc) is 2.27. The molecule has 0 bridgehead atoms. The second kappa shape index (κ2) is 5.92. The van der Waals surface area contributed by atoms with Crippen LogP contribution in [0.15, 0.2) is 0 Å². The van der Waals surface area contributed by atoms with Gasteiger partial charge in [-0.15, -0.1) is 0 Å². The summed E-state index contributed by atoms with van der Waals surface area (Å²) in [6.45, 7) is 2.97. The number of aliphatic hydroxyl groups excluding tert-OH is 1. The number of rotatable bonds is 5. The van der Waals surface area contributed by atoms with Crippen molar-refractivity contribution in [1.29, 1.82) is 0 Å². The second-order valence-corrected chi connectivity index (χ2v) is 5.25. The standard InChI is InChI=1S/C12H23F2NO/c1-9(2)10-3-5-11(6-4-10)15-7-12(13,14)8-16/h9-11,15-16H,3-8H2,1-2H3. The van der Waals surface area contributed by atoms with Crippen molar-refractivity contribution in [2.45, 2.75) is 51.5 Å². The van der Waals surface area contributed by atoms with Gasteiger partial charge in [-0.25, -0.2) is 8.78 Å². The van der Waals surface area contributed by atoms with Crippen LogP contribution >= 0.6 is 0 Å². The highest BCUT2D eigenvalue weighted by Crippen LogP contribution is 2.30. The summed E-state index contributed by atoms with van der Waals surface area (Å²) >= 11 is 0. The van der Waals surface area contributed by atoms with E-state index in [2.05, 4.69) is 19.2 Å². The van der Waals surface area contributed by atoms with Crippen LogP contribution in [0.2, 0.25) is 0 Å². The van der Waals surface area contributed by atoms with Crippen molar-refractivity contribution in [2.24, 2.45) is 11.8 Å². The maximum Gasteiger partial charge on any atom is 0.282 e. The fraction of sp³-hybridized carbons (Fsp3) is 1.00. The number of hydrogen-bond donors (Lipinski definition) is 2. The van der Waals surface area contributed by atoms with Crippen LogP contribution in [0.3, 0.4) is 0 Å². The molecule has 1 aliphatic carbocycles. The Labute approximate surface area is 96.4 Å². The lowest BCUT2D eigenvalue weighted by molar-refractivity contribution is -0.0503. The highest BCUT2D eigenvalue weighted by atomic mass is 19.3. The van der Waals surface area contributed by atoms with Gasteiger partial charge in [0.15, 0.2) is 0 Å². The highest BCUT2D eigenvalue weighted by molar-refractivity contribution is 4.80. The van der Waals surface area contributed by atoms with E-state index in [1.54, 1.807) is 0 Å². The van der Waals surface area contributed by atoms with Crippen molar-refractivity contribution in [3.63, 3.8) is 0 Å². The molecular weight excluding hydrogens is 212 g/mol. The molecule has 96 valence electrons. The van der Waals surface area contributed by atoms with Crippen molar-refractivity contribution < 1.29 is 13.9 Å². The van der Waals surface area contributed by atoms with E-state index in [1.165, 1.54) is 0 Å². The van der Waals surface area contributed by atoms with Gasteiger partial charge < -0.3 is 10.4 Å². The first-order valence-electron chi connectivity index (χ1n) is 6.16. The van der Waals surface area contributed by atoms with Crippen molar-refractivity contribution in [2.75, 3.05) is 13.2 Å². The molecule has 0 saturated heterocycles. The largest absolute Gasteiger partial charge is 0.390 e. The third-order valence-electron chi connectivity index (χ3n) is 3.60. The molecule has 0 aromatic rings. The fourth-order valence-corrected chi connectivity index (χ4v) is 2.34. The number of aliphatic hydroxyl groups is 1.